The van der Waals surface area contributed by atoms with E-state index in [0.717, 1.165) is 4.31 Å². The molecule has 0 aliphatic rings. The molecule has 0 heterocycles. The molecule has 0 aromatic heterocycles. The van der Waals surface area contributed by atoms with Crippen LogP contribution in [0.15, 0.2) is 30.3 Å². The first-order chi connectivity index (χ1) is 8.86. The molecule has 0 radical (unpaired) electrons. The first-order valence-electron chi connectivity index (χ1n) is 6.12. The van der Waals surface area contributed by atoms with Crippen LogP contribution in [-0.2, 0) is 20.6 Å². The molecule has 0 spiro atoms. The monoisotopic (exact) mass is 285 g/mol. The van der Waals surface area contributed by atoms with Crippen molar-refractivity contribution in [3.8, 4) is 0 Å². The molecule has 1 aromatic rings. The molecule has 6 heteroatoms. The maximum absolute atomic E-state index is 12.3. The van der Waals surface area contributed by atoms with E-state index in [1.807, 2.05) is 6.92 Å². The van der Waals surface area contributed by atoms with Gasteiger partial charge in [0.05, 0.1) is 5.75 Å². The average Bonchev–Trinajstić information content (AvgIpc) is 2.35. The summed E-state index contributed by atoms with van der Waals surface area (Å²) >= 11 is 0. The van der Waals surface area contributed by atoms with E-state index < -0.39 is 22.5 Å². The largest absolute Gasteiger partial charge is 0.480 e. The topological polar surface area (TPSA) is 74.7 Å². The number of rotatable bonds is 7. The summed E-state index contributed by atoms with van der Waals surface area (Å²) in [5.41, 5.74) is 0.654. The number of aliphatic carboxylic acids is 1. The van der Waals surface area contributed by atoms with Crippen LogP contribution >= 0.6 is 0 Å². The maximum atomic E-state index is 12.3. The number of carboxylic acid groups (broad SMARTS) is 1. The molecule has 0 bridgehead atoms. The molecular formula is C13H19NO4S. The highest BCUT2D eigenvalue weighted by molar-refractivity contribution is 7.88. The first-order valence-corrected chi connectivity index (χ1v) is 7.73. The minimum atomic E-state index is -3.63. The highest BCUT2D eigenvalue weighted by Crippen LogP contribution is 2.15. The molecule has 1 atom stereocenters. The van der Waals surface area contributed by atoms with Gasteiger partial charge < -0.3 is 5.11 Å². The van der Waals surface area contributed by atoms with Gasteiger partial charge in [0.1, 0.15) is 6.54 Å². The van der Waals surface area contributed by atoms with Crippen LogP contribution in [0, 0.1) is 0 Å². The number of hydrogen-bond acceptors (Lipinski definition) is 3. The molecule has 106 valence electrons. The van der Waals surface area contributed by atoms with Crippen molar-refractivity contribution < 1.29 is 18.3 Å². The van der Waals surface area contributed by atoms with Crippen LogP contribution in [0.3, 0.4) is 0 Å². The Bertz CT molecular complexity index is 513. The van der Waals surface area contributed by atoms with Crippen LogP contribution in [0.1, 0.15) is 25.8 Å². The van der Waals surface area contributed by atoms with E-state index in [1.54, 1.807) is 37.3 Å². The summed E-state index contributed by atoms with van der Waals surface area (Å²) in [7, 11) is -3.63. The van der Waals surface area contributed by atoms with Gasteiger partial charge in [0.25, 0.3) is 0 Å². The van der Waals surface area contributed by atoms with Crippen molar-refractivity contribution in [3.05, 3.63) is 35.9 Å². The summed E-state index contributed by atoms with van der Waals surface area (Å²) in [5, 5.41) is 8.85. The summed E-state index contributed by atoms with van der Waals surface area (Å²) in [6.45, 7) is 3.05. The zero-order valence-corrected chi connectivity index (χ0v) is 11.9. The summed E-state index contributed by atoms with van der Waals surface area (Å²) in [6, 6.07) is 8.43. The van der Waals surface area contributed by atoms with E-state index in [4.69, 9.17) is 5.11 Å². The van der Waals surface area contributed by atoms with Gasteiger partial charge in [0.15, 0.2) is 0 Å². The second kappa shape index (κ2) is 6.68. The van der Waals surface area contributed by atoms with Crippen LogP contribution in [-0.4, -0.2) is 36.4 Å². The van der Waals surface area contributed by atoms with E-state index in [1.165, 1.54) is 0 Å². The predicted octanol–water partition coefficient (Wildman–Crippen LogP) is 1.70. The molecule has 1 rings (SSSR count). The Morgan fingerprint density at radius 1 is 1.32 bits per heavy atom. The standard InChI is InChI=1S/C13H19NO4S/c1-3-11(2)14(9-13(15)16)19(17,18)10-12-7-5-4-6-8-12/h4-8,11H,3,9-10H2,1-2H3,(H,15,16). The highest BCUT2D eigenvalue weighted by atomic mass is 32.2. The first kappa shape index (κ1) is 15.7. The summed E-state index contributed by atoms with van der Waals surface area (Å²) in [6.07, 6.45) is 0.571. The molecule has 1 N–H and O–H groups in total. The lowest BCUT2D eigenvalue weighted by Crippen LogP contribution is -2.42. The smallest absolute Gasteiger partial charge is 0.318 e. The Kier molecular flexibility index (Phi) is 5.50. The lowest BCUT2D eigenvalue weighted by molar-refractivity contribution is -0.137. The molecule has 0 aliphatic heterocycles. The fourth-order valence-corrected chi connectivity index (χ4v) is 3.52. The molecule has 1 unspecified atom stereocenters. The second-order valence-electron chi connectivity index (χ2n) is 4.44. The molecule has 0 fully saturated rings. The fraction of sp³-hybridized carbons (Fsp3) is 0.462. The van der Waals surface area contributed by atoms with Gasteiger partial charge in [-0.05, 0) is 18.9 Å². The zero-order chi connectivity index (χ0) is 14.5. The fourth-order valence-electron chi connectivity index (χ4n) is 1.73. The third-order valence-corrected chi connectivity index (χ3v) is 4.82. The molecule has 1 aromatic carbocycles. The molecule has 0 saturated heterocycles. The van der Waals surface area contributed by atoms with Crippen molar-refractivity contribution >= 4 is 16.0 Å². The van der Waals surface area contributed by atoms with Crippen molar-refractivity contribution in [2.24, 2.45) is 0 Å². The van der Waals surface area contributed by atoms with Crippen LogP contribution in [0.25, 0.3) is 0 Å². The van der Waals surface area contributed by atoms with Gasteiger partial charge in [0.2, 0.25) is 10.0 Å². The molecule has 0 saturated carbocycles. The third-order valence-electron chi connectivity index (χ3n) is 2.92. The van der Waals surface area contributed by atoms with Gasteiger partial charge in [-0.25, -0.2) is 8.42 Å². The predicted molar refractivity (Wildman–Crippen MR) is 73.2 cm³/mol. The quantitative estimate of drug-likeness (QED) is 0.827. The lowest BCUT2D eigenvalue weighted by Gasteiger charge is -2.26. The average molecular weight is 285 g/mol. The van der Waals surface area contributed by atoms with Gasteiger partial charge in [-0.15, -0.1) is 0 Å². The molecule has 0 aliphatic carbocycles. The van der Waals surface area contributed by atoms with E-state index in [9.17, 15) is 13.2 Å². The number of carbonyl (C=O) groups is 1. The van der Waals surface area contributed by atoms with Gasteiger partial charge in [-0.3, -0.25) is 4.79 Å². The number of benzene rings is 1. The minimum absolute atomic E-state index is 0.175. The molecule has 19 heavy (non-hydrogen) atoms. The second-order valence-corrected chi connectivity index (χ2v) is 6.36. The van der Waals surface area contributed by atoms with Crippen molar-refractivity contribution in [2.45, 2.75) is 32.1 Å². The van der Waals surface area contributed by atoms with Gasteiger partial charge in [0, 0.05) is 6.04 Å². The van der Waals surface area contributed by atoms with Crippen LogP contribution in [0.5, 0.6) is 0 Å². The van der Waals surface area contributed by atoms with Crippen LogP contribution in [0.4, 0.5) is 0 Å². The van der Waals surface area contributed by atoms with Crippen molar-refractivity contribution in [2.75, 3.05) is 6.54 Å². The normalized spacial score (nSPS) is 13.4. The van der Waals surface area contributed by atoms with E-state index in [0.29, 0.717) is 12.0 Å². The lowest BCUT2D eigenvalue weighted by atomic mass is 10.2. The summed E-state index contributed by atoms with van der Waals surface area (Å²) < 4.78 is 25.7. The number of sulfonamides is 1. The number of nitrogens with zero attached hydrogens (tertiary/aromatic N) is 1. The summed E-state index contributed by atoms with van der Waals surface area (Å²) in [5.74, 6) is -1.32. The Balaban J connectivity index is 2.96. The number of hydrogen-bond donors (Lipinski definition) is 1. The van der Waals surface area contributed by atoms with E-state index in [-0.39, 0.29) is 11.8 Å². The van der Waals surface area contributed by atoms with Crippen molar-refractivity contribution in [1.82, 2.24) is 4.31 Å². The van der Waals surface area contributed by atoms with E-state index in [2.05, 4.69) is 0 Å². The minimum Gasteiger partial charge on any atom is -0.480 e. The highest BCUT2D eigenvalue weighted by Gasteiger charge is 2.28. The Hall–Kier alpha value is -1.40. The van der Waals surface area contributed by atoms with Crippen LogP contribution in [0.2, 0.25) is 0 Å². The Labute approximate surface area is 113 Å². The Morgan fingerprint density at radius 2 is 1.89 bits per heavy atom. The van der Waals surface area contributed by atoms with Gasteiger partial charge >= 0.3 is 5.97 Å². The third kappa shape index (κ3) is 4.65. The van der Waals surface area contributed by atoms with E-state index >= 15 is 0 Å². The summed E-state index contributed by atoms with van der Waals surface area (Å²) in [4.78, 5) is 10.8. The van der Waals surface area contributed by atoms with Gasteiger partial charge in [-0.1, -0.05) is 37.3 Å². The Morgan fingerprint density at radius 3 is 2.37 bits per heavy atom. The SMILES string of the molecule is CCC(C)N(CC(=O)O)S(=O)(=O)Cc1ccccc1. The van der Waals surface area contributed by atoms with Crippen LogP contribution < -0.4 is 0 Å². The zero-order valence-electron chi connectivity index (χ0n) is 11.1. The van der Waals surface area contributed by atoms with Crippen molar-refractivity contribution in [1.29, 1.82) is 0 Å². The number of carboxylic acids is 1. The molecule has 5 nitrogen and oxygen atoms in total. The molecule has 0 amide bonds. The molecular weight excluding hydrogens is 266 g/mol. The van der Waals surface area contributed by atoms with Crippen molar-refractivity contribution in [3.63, 3.8) is 0 Å². The van der Waals surface area contributed by atoms with Gasteiger partial charge in [-0.2, -0.15) is 4.31 Å². The maximum Gasteiger partial charge on any atom is 0.318 e.